The van der Waals surface area contributed by atoms with Gasteiger partial charge in [0.05, 0.1) is 0 Å². The van der Waals surface area contributed by atoms with E-state index in [0.29, 0.717) is 0 Å². The molecule has 1 unspecified atom stereocenters. The van der Waals surface area contributed by atoms with E-state index in [4.69, 9.17) is 5.73 Å². The third kappa shape index (κ3) is 6.85. The van der Waals surface area contributed by atoms with E-state index in [1.807, 2.05) is 0 Å². The van der Waals surface area contributed by atoms with Crippen molar-refractivity contribution in [2.75, 3.05) is 0 Å². The first-order valence-corrected chi connectivity index (χ1v) is 9.52. The van der Waals surface area contributed by atoms with Gasteiger partial charge in [0.15, 0.2) is 0 Å². The summed E-state index contributed by atoms with van der Waals surface area (Å²) in [4.78, 5) is 0. The summed E-state index contributed by atoms with van der Waals surface area (Å²) in [7, 11) is 0. The average molecular weight is 340 g/mol. The molecule has 2 heteroatoms. The van der Waals surface area contributed by atoms with Crippen LogP contribution in [0.1, 0.15) is 90.5 Å². The lowest BCUT2D eigenvalue weighted by atomic mass is 9.67. The first-order chi connectivity index (χ1) is 10.7. The van der Waals surface area contributed by atoms with Gasteiger partial charge in [0.25, 0.3) is 0 Å². The van der Waals surface area contributed by atoms with Crippen LogP contribution in [-0.2, 0) is 5.41 Å². The zero-order valence-corrected chi connectivity index (χ0v) is 16.3. The maximum Gasteiger partial charge on any atom is 0.0136 e. The molecular formula is C21H38ClN. The highest BCUT2D eigenvalue weighted by molar-refractivity contribution is 5.85. The predicted molar refractivity (Wildman–Crippen MR) is 107 cm³/mol. The number of nitrogens with two attached hydrogens (primary N) is 1. The van der Waals surface area contributed by atoms with E-state index < -0.39 is 0 Å². The highest BCUT2D eigenvalue weighted by Crippen LogP contribution is 2.38. The lowest BCUT2D eigenvalue weighted by molar-refractivity contribution is 0.272. The average Bonchev–Trinajstić information content (AvgIpc) is 2.55. The van der Waals surface area contributed by atoms with Crippen molar-refractivity contribution in [3.05, 3.63) is 35.9 Å². The van der Waals surface area contributed by atoms with Gasteiger partial charge >= 0.3 is 0 Å². The molecule has 0 amide bonds. The fourth-order valence-corrected chi connectivity index (χ4v) is 3.90. The Balaban J connectivity index is 0.00000484. The van der Waals surface area contributed by atoms with Gasteiger partial charge in [-0.1, -0.05) is 96.0 Å². The Kier molecular flexibility index (Phi) is 12.5. The van der Waals surface area contributed by atoms with Crippen LogP contribution in [0, 0.1) is 0 Å². The molecule has 0 heterocycles. The first-order valence-electron chi connectivity index (χ1n) is 9.52. The number of hydrogen-bond donors (Lipinski definition) is 1. The van der Waals surface area contributed by atoms with Crippen molar-refractivity contribution >= 4 is 12.4 Å². The molecule has 1 atom stereocenters. The molecule has 2 N–H and O–H groups in total. The molecule has 0 saturated heterocycles. The van der Waals surface area contributed by atoms with Crippen LogP contribution in [0.4, 0.5) is 0 Å². The van der Waals surface area contributed by atoms with Crippen LogP contribution in [0.2, 0.25) is 0 Å². The van der Waals surface area contributed by atoms with Crippen molar-refractivity contribution in [1.29, 1.82) is 0 Å². The maximum atomic E-state index is 6.77. The number of benzene rings is 1. The van der Waals surface area contributed by atoms with Gasteiger partial charge in [0.2, 0.25) is 0 Å². The van der Waals surface area contributed by atoms with Gasteiger partial charge in [-0.3, -0.25) is 0 Å². The molecule has 0 aliphatic rings. The van der Waals surface area contributed by atoms with Crippen LogP contribution < -0.4 is 5.73 Å². The largest absolute Gasteiger partial charge is 0.327 e. The van der Waals surface area contributed by atoms with Crippen LogP contribution >= 0.6 is 12.4 Å². The molecule has 1 rings (SSSR count). The molecule has 1 aromatic carbocycles. The Morgan fingerprint density at radius 3 is 1.91 bits per heavy atom. The molecule has 0 spiro atoms. The third-order valence-corrected chi connectivity index (χ3v) is 5.07. The molecule has 1 aromatic rings. The summed E-state index contributed by atoms with van der Waals surface area (Å²) in [5.74, 6) is 0. The van der Waals surface area contributed by atoms with Gasteiger partial charge in [-0.2, -0.15) is 0 Å². The van der Waals surface area contributed by atoms with Gasteiger partial charge in [0, 0.05) is 11.5 Å². The second kappa shape index (κ2) is 12.8. The van der Waals surface area contributed by atoms with E-state index in [-0.39, 0.29) is 23.9 Å². The van der Waals surface area contributed by atoms with E-state index in [1.165, 1.54) is 69.8 Å². The molecule has 0 aliphatic heterocycles. The molecular weight excluding hydrogens is 302 g/mol. The van der Waals surface area contributed by atoms with Gasteiger partial charge < -0.3 is 5.73 Å². The van der Waals surface area contributed by atoms with E-state index in [9.17, 15) is 0 Å². The normalized spacial score (nSPS) is 12.7. The van der Waals surface area contributed by atoms with E-state index >= 15 is 0 Å². The Hall–Kier alpha value is -0.530. The number of unbranched alkanes of at least 4 members (excludes halogenated alkanes) is 4. The van der Waals surface area contributed by atoms with Crippen LogP contribution in [0.3, 0.4) is 0 Å². The highest BCUT2D eigenvalue weighted by Gasteiger charge is 2.36. The van der Waals surface area contributed by atoms with Crippen LogP contribution in [0.25, 0.3) is 0 Å². The molecule has 0 aliphatic carbocycles. The molecule has 0 fully saturated rings. The zero-order valence-electron chi connectivity index (χ0n) is 15.5. The fourth-order valence-electron chi connectivity index (χ4n) is 3.90. The van der Waals surface area contributed by atoms with Crippen LogP contribution in [0.5, 0.6) is 0 Å². The highest BCUT2D eigenvalue weighted by atomic mass is 35.5. The van der Waals surface area contributed by atoms with Gasteiger partial charge in [0.1, 0.15) is 0 Å². The van der Waals surface area contributed by atoms with E-state index in [2.05, 4.69) is 51.1 Å². The molecule has 0 aromatic heterocycles. The van der Waals surface area contributed by atoms with E-state index in [1.54, 1.807) is 0 Å². The summed E-state index contributed by atoms with van der Waals surface area (Å²) in [6.07, 6.45) is 12.7. The van der Waals surface area contributed by atoms with Crippen molar-refractivity contribution in [3.8, 4) is 0 Å². The number of hydrogen-bond acceptors (Lipinski definition) is 1. The van der Waals surface area contributed by atoms with Gasteiger partial charge in [-0.15, -0.1) is 12.4 Å². The first kappa shape index (κ1) is 22.5. The standard InChI is InChI=1S/C21H37N.ClH/c1-4-7-8-9-13-16-20(22)21(17-5-2,18-6-3)19-14-11-10-12-15-19;/h10-12,14-15,20H,4-9,13,16-18,22H2,1-3H3;1H. The summed E-state index contributed by atoms with van der Waals surface area (Å²) in [5, 5.41) is 0. The minimum Gasteiger partial charge on any atom is -0.327 e. The lowest BCUT2D eigenvalue weighted by Crippen LogP contribution is -2.45. The smallest absolute Gasteiger partial charge is 0.0136 e. The van der Waals surface area contributed by atoms with Crippen molar-refractivity contribution in [3.63, 3.8) is 0 Å². The topological polar surface area (TPSA) is 26.0 Å². The Labute approximate surface area is 150 Å². The Morgan fingerprint density at radius 1 is 0.826 bits per heavy atom. The Bertz CT molecular complexity index is 371. The summed E-state index contributed by atoms with van der Waals surface area (Å²) < 4.78 is 0. The zero-order chi connectivity index (χ0) is 16.3. The number of rotatable bonds is 12. The Morgan fingerprint density at radius 2 is 1.39 bits per heavy atom. The van der Waals surface area contributed by atoms with Gasteiger partial charge in [-0.05, 0) is 24.8 Å². The monoisotopic (exact) mass is 339 g/mol. The van der Waals surface area contributed by atoms with Gasteiger partial charge in [-0.25, -0.2) is 0 Å². The van der Waals surface area contributed by atoms with Crippen molar-refractivity contribution < 1.29 is 0 Å². The number of halogens is 1. The lowest BCUT2D eigenvalue weighted by Gasteiger charge is -2.40. The quantitative estimate of drug-likeness (QED) is 0.424. The summed E-state index contributed by atoms with van der Waals surface area (Å²) in [6, 6.07) is 11.3. The SMILES string of the molecule is CCCCCCCC(N)C(CCC)(CCC)c1ccccc1.Cl. The molecule has 1 nitrogen and oxygen atoms in total. The fraction of sp³-hybridized carbons (Fsp3) is 0.714. The minimum absolute atomic E-state index is 0. The molecule has 0 radical (unpaired) electrons. The minimum atomic E-state index is 0. The summed E-state index contributed by atoms with van der Waals surface area (Å²) in [5.41, 5.74) is 8.41. The van der Waals surface area contributed by atoms with Crippen molar-refractivity contribution in [1.82, 2.24) is 0 Å². The second-order valence-corrected chi connectivity index (χ2v) is 6.83. The van der Waals surface area contributed by atoms with Crippen LogP contribution in [-0.4, -0.2) is 6.04 Å². The van der Waals surface area contributed by atoms with Crippen LogP contribution in [0.15, 0.2) is 30.3 Å². The predicted octanol–water partition coefficient (Wildman–Crippen LogP) is 6.63. The maximum absolute atomic E-state index is 6.77. The van der Waals surface area contributed by atoms with Crippen molar-refractivity contribution in [2.24, 2.45) is 5.73 Å². The second-order valence-electron chi connectivity index (χ2n) is 6.83. The summed E-state index contributed by atoms with van der Waals surface area (Å²) >= 11 is 0. The molecule has 134 valence electrons. The molecule has 0 bridgehead atoms. The van der Waals surface area contributed by atoms with Crippen molar-refractivity contribution in [2.45, 2.75) is 96.4 Å². The molecule has 0 saturated carbocycles. The summed E-state index contributed by atoms with van der Waals surface area (Å²) in [6.45, 7) is 6.86. The molecule has 23 heavy (non-hydrogen) atoms. The van der Waals surface area contributed by atoms with E-state index in [0.717, 1.165) is 0 Å². The third-order valence-electron chi connectivity index (χ3n) is 5.07.